The highest BCUT2D eigenvalue weighted by atomic mass is 16.7. The molecule has 23 heavy (non-hydrogen) atoms. The number of carboxylic acid groups (broad SMARTS) is 1. The van der Waals surface area contributed by atoms with Crippen LogP contribution in [0.1, 0.15) is 89.9 Å². The Morgan fingerprint density at radius 2 is 1.13 bits per heavy atom. The summed E-state index contributed by atoms with van der Waals surface area (Å²) >= 11 is 0. The van der Waals surface area contributed by atoms with Gasteiger partial charge in [0.1, 0.15) is 0 Å². The zero-order valence-electron chi connectivity index (χ0n) is 14.3. The van der Waals surface area contributed by atoms with Crippen molar-refractivity contribution in [1.29, 1.82) is 0 Å². The monoisotopic (exact) mass is 330 g/mol. The Kier molecular flexibility index (Phi) is 14.1. The standard InChI is InChI=1S/C18H34O5/c19-17(20)15-13-11-9-7-5-3-1-2-4-6-8-10-12-14-16-18(21,22)23/h1-2,21-23H,3-16H2,(H,19,20). The quantitative estimate of drug-likeness (QED) is 0.196. The summed E-state index contributed by atoms with van der Waals surface area (Å²) in [6.45, 7) is 0. The Bertz CT molecular complexity index is 307. The summed E-state index contributed by atoms with van der Waals surface area (Å²) in [7, 11) is 0. The molecule has 0 unspecified atom stereocenters. The number of allylic oxidation sites excluding steroid dienone is 2. The Morgan fingerprint density at radius 3 is 1.61 bits per heavy atom. The van der Waals surface area contributed by atoms with Crippen molar-refractivity contribution in [1.82, 2.24) is 0 Å². The SMILES string of the molecule is O=C(O)CCCCCCCC=CCCCCCCCC(O)(O)O. The molecule has 0 amide bonds. The van der Waals surface area contributed by atoms with Crippen LogP contribution in [0.5, 0.6) is 0 Å². The Hall–Kier alpha value is -0.910. The number of hydrogen-bond acceptors (Lipinski definition) is 4. The van der Waals surface area contributed by atoms with E-state index in [9.17, 15) is 4.79 Å². The van der Waals surface area contributed by atoms with Crippen LogP contribution in [0.4, 0.5) is 0 Å². The first-order valence-electron chi connectivity index (χ1n) is 8.96. The fraction of sp³-hybridized carbons (Fsp3) is 0.833. The predicted octanol–water partition coefficient (Wildman–Crippen LogP) is 3.72. The molecule has 5 heteroatoms. The Labute approximate surface area is 140 Å². The van der Waals surface area contributed by atoms with Gasteiger partial charge in [0.05, 0.1) is 0 Å². The molecule has 0 saturated carbocycles. The molecule has 0 aliphatic carbocycles. The fourth-order valence-electron chi connectivity index (χ4n) is 2.46. The molecule has 0 fully saturated rings. The summed E-state index contributed by atoms with van der Waals surface area (Å²) in [5.74, 6) is -3.20. The van der Waals surface area contributed by atoms with Gasteiger partial charge in [-0.05, 0) is 38.5 Å². The maximum Gasteiger partial charge on any atom is 0.303 e. The molecule has 0 heterocycles. The molecule has 0 atom stereocenters. The van der Waals surface area contributed by atoms with Gasteiger partial charge in [0, 0.05) is 12.8 Å². The van der Waals surface area contributed by atoms with Crippen LogP contribution in [0.15, 0.2) is 12.2 Å². The second-order valence-corrected chi connectivity index (χ2v) is 6.25. The molecule has 5 nitrogen and oxygen atoms in total. The van der Waals surface area contributed by atoms with E-state index in [1.165, 1.54) is 12.8 Å². The first kappa shape index (κ1) is 22.1. The van der Waals surface area contributed by atoms with Gasteiger partial charge in [-0.15, -0.1) is 0 Å². The van der Waals surface area contributed by atoms with Crippen molar-refractivity contribution in [3.63, 3.8) is 0 Å². The van der Waals surface area contributed by atoms with Crippen LogP contribution in [0.2, 0.25) is 0 Å². The molecule has 0 spiro atoms. The minimum absolute atomic E-state index is 0.0171. The average Bonchev–Trinajstić information content (AvgIpc) is 2.45. The van der Waals surface area contributed by atoms with E-state index in [0.29, 0.717) is 12.8 Å². The molecule has 0 rings (SSSR count). The van der Waals surface area contributed by atoms with Crippen molar-refractivity contribution in [2.75, 3.05) is 0 Å². The smallest absolute Gasteiger partial charge is 0.303 e. The maximum atomic E-state index is 10.3. The first-order valence-corrected chi connectivity index (χ1v) is 8.96. The zero-order valence-corrected chi connectivity index (χ0v) is 14.3. The van der Waals surface area contributed by atoms with Gasteiger partial charge in [0.15, 0.2) is 0 Å². The van der Waals surface area contributed by atoms with Crippen molar-refractivity contribution in [2.45, 2.75) is 95.9 Å². The van der Waals surface area contributed by atoms with Crippen LogP contribution in [0.3, 0.4) is 0 Å². The molecule has 0 aliphatic heterocycles. The number of aliphatic carboxylic acids is 1. The van der Waals surface area contributed by atoms with Gasteiger partial charge in [-0.25, -0.2) is 0 Å². The van der Waals surface area contributed by atoms with E-state index in [1.807, 2.05) is 0 Å². The Balaban J connectivity index is 3.16. The van der Waals surface area contributed by atoms with E-state index in [1.54, 1.807) is 0 Å². The van der Waals surface area contributed by atoms with Crippen molar-refractivity contribution >= 4 is 5.97 Å². The number of unbranched alkanes of at least 4 members (excludes halogenated alkanes) is 10. The van der Waals surface area contributed by atoms with Gasteiger partial charge in [-0.1, -0.05) is 50.7 Å². The minimum Gasteiger partial charge on any atom is -0.481 e. The molecule has 0 radical (unpaired) electrons. The summed E-state index contributed by atoms with van der Waals surface area (Å²) in [6, 6.07) is 0. The zero-order chi connectivity index (χ0) is 17.4. The third-order valence-electron chi connectivity index (χ3n) is 3.81. The maximum absolute atomic E-state index is 10.3. The summed E-state index contributed by atoms with van der Waals surface area (Å²) < 4.78 is 0. The fourth-order valence-corrected chi connectivity index (χ4v) is 2.46. The number of carbonyl (C=O) groups is 1. The second kappa shape index (κ2) is 14.7. The lowest BCUT2D eigenvalue weighted by molar-refractivity contribution is -0.315. The van der Waals surface area contributed by atoms with Gasteiger partial charge < -0.3 is 20.4 Å². The number of hydrogen-bond donors (Lipinski definition) is 4. The highest BCUT2D eigenvalue weighted by molar-refractivity contribution is 5.66. The molecule has 0 aromatic heterocycles. The predicted molar refractivity (Wildman–Crippen MR) is 90.8 cm³/mol. The van der Waals surface area contributed by atoms with Crippen LogP contribution in [-0.2, 0) is 4.79 Å². The van der Waals surface area contributed by atoms with Crippen LogP contribution >= 0.6 is 0 Å². The molecule has 0 aliphatic rings. The summed E-state index contributed by atoms with van der Waals surface area (Å²) in [6.07, 6.45) is 17.1. The molecule has 136 valence electrons. The van der Waals surface area contributed by atoms with E-state index >= 15 is 0 Å². The normalized spacial score (nSPS) is 12.1. The lowest BCUT2D eigenvalue weighted by Crippen LogP contribution is -2.26. The molecule has 0 aromatic rings. The highest BCUT2D eigenvalue weighted by Gasteiger charge is 2.16. The molecule has 0 aromatic carbocycles. The van der Waals surface area contributed by atoms with E-state index in [4.69, 9.17) is 20.4 Å². The Morgan fingerprint density at radius 1 is 0.696 bits per heavy atom. The second-order valence-electron chi connectivity index (χ2n) is 6.25. The average molecular weight is 330 g/mol. The van der Waals surface area contributed by atoms with Gasteiger partial charge in [0.25, 0.3) is 5.97 Å². The minimum atomic E-state index is -2.50. The molecule has 0 bridgehead atoms. The van der Waals surface area contributed by atoms with Gasteiger partial charge in [0.2, 0.25) is 0 Å². The highest BCUT2D eigenvalue weighted by Crippen LogP contribution is 2.12. The number of rotatable bonds is 16. The van der Waals surface area contributed by atoms with Gasteiger partial charge >= 0.3 is 5.97 Å². The van der Waals surface area contributed by atoms with Crippen molar-refractivity contribution in [3.05, 3.63) is 12.2 Å². The largest absolute Gasteiger partial charge is 0.481 e. The lowest BCUT2D eigenvalue weighted by Gasteiger charge is -2.12. The van der Waals surface area contributed by atoms with Gasteiger partial charge in [-0.2, -0.15) is 0 Å². The molecular weight excluding hydrogens is 296 g/mol. The van der Waals surface area contributed by atoms with E-state index < -0.39 is 11.9 Å². The van der Waals surface area contributed by atoms with E-state index in [2.05, 4.69) is 12.2 Å². The van der Waals surface area contributed by atoms with Crippen LogP contribution in [0, 0.1) is 0 Å². The van der Waals surface area contributed by atoms with Crippen LogP contribution in [-0.4, -0.2) is 32.4 Å². The van der Waals surface area contributed by atoms with Gasteiger partial charge in [-0.3, -0.25) is 4.79 Å². The van der Waals surface area contributed by atoms with Crippen LogP contribution < -0.4 is 0 Å². The van der Waals surface area contributed by atoms with Crippen molar-refractivity contribution < 1.29 is 25.2 Å². The summed E-state index contributed by atoms with van der Waals surface area (Å²) in [5.41, 5.74) is 0. The third-order valence-corrected chi connectivity index (χ3v) is 3.81. The topological polar surface area (TPSA) is 98.0 Å². The number of carboxylic acids is 1. The van der Waals surface area contributed by atoms with E-state index in [0.717, 1.165) is 57.8 Å². The summed E-state index contributed by atoms with van der Waals surface area (Å²) in [4.78, 5) is 10.3. The third kappa shape index (κ3) is 21.1. The summed E-state index contributed by atoms with van der Waals surface area (Å²) in [5, 5.41) is 34.7. The van der Waals surface area contributed by atoms with Crippen molar-refractivity contribution in [2.24, 2.45) is 0 Å². The first-order chi connectivity index (χ1) is 10.9. The molecule has 0 saturated heterocycles. The van der Waals surface area contributed by atoms with Crippen LogP contribution in [0.25, 0.3) is 0 Å². The van der Waals surface area contributed by atoms with Crippen molar-refractivity contribution in [3.8, 4) is 0 Å². The lowest BCUT2D eigenvalue weighted by atomic mass is 10.1. The van der Waals surface area contributed by atoms with E-state index in [-0.39, 0.29) is 6.42 Å². The molecule has 4 N–H and O–H groups in total. The molecular formula is C18H34O5. The number of aliphatic hydroxyl groups is 3.